The van der Waals surface area contributed by atoms with Gasteiger partial charge >= 0.3 is 0 Å². The molecule has 0 aromatic carbocycles. The molecule has 0 aliphatic carbocycles. The van der Waals surface area contributed by atoms with E-state index in [2.05, 4.69) is 27.7 Å². The minimum atomic E-state index is -1.19. The molecule has 0 heterocycles. The Hall–Kier alpha value is -0.120. The first-order valence-corrected chi connectivity index (χ1v) is 19.1. The number of ether oxygens (including phenoxy) is 1. The molecular weight excluding hydrogens is 504 g/mol. The van der Waals surface area contributed by atoms with Crippen molar-refractivity contribution in [3.05, 3.63) is 0 Å². The van der Waals surface area contributed by atoms with Gasteiger partial charge in [-0.2, -0.15) is 0 Å². The van der Waals surface area contributed by atoms with Crippen LogP contribution in [0.15, 0.2) is 0 Å². The van der Waals surface area contributed by atoms with Crippen molar-refractivity contribution in [3.8, 4) is 0 Å². The summed E-state index contributed by atoms with van der Waals surface area (Å²) >= 11 is 0. The predicted molar refractivity (Wildman–Crippen MR) is 181 cm³/mol. The van der Waals surface area contributed by atoms with E-state index in [-0.39, 0.29) is 0 Å². The largest absolute Gasteiger partial charge is 0.365 e. The molecule has 0 fully saturated rings. The molecule has 2 unspecified atom stereocenters. The maximum atomic E-state index is 11.4. The van der Waals surface area contributed by atoms with Gasteiger partial charge < -0.3 is 14.9 Å². The van der Waals surface area contributed by atoms with Gasteiger partial charge in [-0.3, -0.25) is 0 Å². The van der Waals surface area contributed by atoms with Crippen molar-refractivity contribution < 1.29 is 14.9 Å². The first-order chi connectivity index (χ1) is 19.9. The zero-order valence-corrected chi connectivity index (χ0v) is 28.9. The topological polar surface area (TPSA) is 49.7 Å². The van der Waals surface area contributed by atoms with Crippen LogP contribution < -0.4 is 0 Å². The summed E-state index contributed by atoms with van der Waals surface area (Å²) in [6.45, 7) is 8.77. The van der Waals surface area contributed by atoms with E-state index in [4.69, 9.17) is 4.74 Å². The van der Waals surface area contributed by atoms with Gasteiger partial charge in [-0.05, 0) is 12.8 Å². The third-order valence-corrected chi connectivity index (χ3v) is 9.00. The van der Waals surface area contributed by atoms with E-state index in [1.807, 2.05) is 0 Å². The smallest absolute Gasteiger partial charge is 0.168 e. The van der Waals surface area contributed by atoms with Crippen molar-refractivity contribution in [2.75, 3.05) is 0 Å². The molecule has 41 heavy (non-hydrogen) atoms. The summed E-state index contributed by atoms with van der Waals surface area (Å²) in [5.41, 5.74) is 0. The van der Waals surface area contributed by atoms with Crippen molar-refractivity contribution >= 4 is 0 Å². The molecule has 0 aromatic heterocycles. The normalized spacial score (nSPS) is 14.8. The van der Waals surface area contributed by atoms with E-state index in [1.54, 1.807) is 0 Å². The molecule has 0 aliphatic heterocycles. The van der Waals surface area contributed by atoms with E-state index in [1.165, 1.54) is 141 Å². The second kappa shape index (κ2) is 29.9. The minimum Gasteiger partial charge on any atom is -0.365 e. The van der Waals surface area contributed by atoms with Crippen LogP contribution in [0.25, 0.3) is 0 Å². The maximum Gasteiger partial charge on any atom is 0.168 e. The first-order valence-electron chi connectivity index (χ1n) is 19.1. The third kappa shape index (κ3) is 27.2. The van der Waals surface area contributed by atoms with Crippen LogP contribution in [0, 0.1) is 0 Å². The van der Waals surface area contributed by atoms with Gasteiger partial charge in [0.2, 0.25) is 0 Å². The van der Waals surface area contributed by atoms with Crippen LogP contribution >= 0.6 is 0 Å². The van der Waals surface area contributed by atoms with Crippen LogP contribution in [-0.2, 0) is 4.74 Å². The van der Waals surface area contributed by atoms with Gasteiger partial charge in [0, 0.05) is 25.7 Å². The van der Waals surface area contributed by atoms with Crippen molar-refractivity contribution in [2.45, 2.75) is 245 Å². The van der Waals surface area contributed by atoms with Crippen LogP contribution in [0.2, 0.25) is 0 Å². The Balaban J connectivity index is 4.08. The molecule has 3 heteroatoms. The molecule has 2 N–H and O–H groups in total. The molecular formula is C38H78O3. The monoisotopic (exact) mass is 583 g/mol. The molecule has 0 bridgehead atoms. The van der Waals surface area contributed by atoms with Gasteiger partial charge in [-0.25, -0.2) is 0 Å². The highest BCUT2D eigenvalue weighted by molar-refractivity contribution is 4.76. The number of hydrogen-bond acceptors (Lipinski definition) is 3. The molecule has 0 amide bonds. The summed E-state index contributed by atoms with van der Waals surface area (Å²) in [7, 11) is 0. The Morgan fingerprint density at radius 3 is 0.732 bits per heavy atom. The molecule has 0 saturated heterocycles. The Morgan fingerprint density at radius 2 is 0.512 bits per heavy atom. The van der Waals surface area contributed by atoms with Crippen molar-refractivity contribution in [1.29, 1.82) is 0 Å². The van der Waals surface area contributed by atoms with Gasteiger partial charge in [0.1, 0.15) is 0 Å². The summed E-state index contributed by atoms with van der Waals surface area (Å²) in [5.74, 6) is -2.38. The average Bonchev–Trinajstić information content (AvgIpc) is 2.94. The second-order valence-electron chi connectivity index (χ2n) is 13.5. The first kappa shape index (κ1) is 40.9. The van der Waals surface area contributed by atoms with Crippen molar-refractivity contribution in [1.82, 2.24) is 0 Å². The Labute approximate surface area is 259 Å². The fourth-order valence-electron chi connectivity index (χ4n) is 6.43. The van der Waals surface area contributed by atoms with E-state index < -0.39 is 11.6 Å². The molecule has 0 aromatic rings. The van der Waals surface area contributed by atoms with Gasteiger partial charge in [-0.1, -0.05) is 195 Å². The third-order valence-electron chi connectivity index (χ3n) is 9.00. The van der Waals surface area contributed by atoms with Gasteiger partial charge in [-0.15, -0.1) is 0 Å². The van der Waals surface area contributed by atoms with Crippen LogP contribution in [0.3, 0.4) is 0 Å². The molecule has 3 nitrogen and oxygen atoms in total. The summed E-state index contributed by atoms with van der Waals surface area (Å²) in [6.07, 6.45) is 38.6. The highest BCUT2D eigenvalue weighted by Gasteiger charge is 2.37. The lowest BCUT2D eigenvalue weighted by atomic mass is 9.97. The quantitative estimate of drug-likeness (QED) is 0.0586. The Morgan fingerprint density at radius 1 is 0.293 bits per heavy atom. The molecule has 0 aliphatic rings. The summed E-state index contributed by atoms with van der Waals surface area (Å²) in [6, 6.07) is 0. The van der Waals surface area contributed by atoms with Crippen LogP contribution in [-0.4, -0.2) is 21.8 Å². The lowest BCUT2D eigenvalue weighted by Crippen LogP contribution is -2.45. The summed E-state index contributed by atoms with van der Waals surface area (Å²) < 4.78 is 6.23. The Kier molecular flexibility index (Phi) is 29.8. The van der Waals surface area contributed by atoms with Crippen molar-refractivity contribution in [3.63, 3.8) is 0 Å². The number of aliphatic hydroxyl groups is 2. The van der Waals surface area contributed by atoms with Crippen molar-refractivity contribution in [2.24, 2.45) is 0 Å². The van der Waals surface area contributed by atoms with Crippen LogP contribution in [0.5, 0.6) is 0 Å². The molecule has 248 valence electrons. The summed E-state index contributed by atoms with van der Waals surface area (Å²) in [4.78, 5) is 0. The van der Waals surface area contributed by atoms with E-state index >= 15 is 0 Å². The SMILES string of the molecule is CCCCCCCCCCCCCCCC(O)(CCC)OC(O)(CCC)CCCCCCCCCCCCCCC. The molecule has 0 radical (unpaired) electrons. The lowest BCUT2D eigenvalue weighted by molar-refractivity contribution is -0.342. The van der Waals surface area contributed by atoms with Crippen LogP contribution in [0.4, 0.5) is 0 Å². The average molecular weight is 583 g/mol. The zero-order valence-electron chi connectivity index (χ0n) is 28.9. The molecule has 0 rings (SSSR count). The maximum absolute atomic E-state index is 11.4. The number of rotatable bonds is 34. The Bertz CT molecular complexity index is 466. The zero-order chi connectivity index (χ0) is 30.3. The van der Waals surface area contributed by atoms with E-state index in [0.717, 1.165) is 38.5 Å². The highest BCUT2D eigenvalue weighted by Crippen LogP contribution is 2.33. The fraction of sp³-hybridized carbons (Fsp3) is 1.00. The number of unbranched alkanes of at least 4 members (excludes halogenated alkanes) is 24. The minimum absolute atomic E-state index is 0.607. The van der Waals surface area contributed by atoms with E-state index in [0.29, 0.717) is 25.7 Å². The highest BCUT2D eigenvalue weighted by atomic mass is 16.7. The fourth-order valence-corrected chi connectivity index (χ4v) is 6.43. The number of hydrogen-bond donors (Lipinski definition) is 2. The molecule has 0 saturated carbocycles. The van der Waals surface area contributed by atoms with Crippen LogP contribution in [0.1, 0.15) is 233 Å². The second-order valence-corrected chi connectivity index (χ2v) is 13.5. The van der Waals surface area contributed by atoms with Gasteiger partial charge in [0.05, 0.1) is 0 Å². The van der Waals surface area contributed by atoms with Gasteiger partial charge in [0.15, 0.2) is 11.6 Å². The predicted octanol–water partition coefficient (Wildman–Crippen LogP) is 12.9. The standard InChI is InChI=1S/C38H78O3/c1-5-9-11-13-15-17-19-21-23-25-27-29-31-35-37(39,33-7-3)41-38(40,34-8-4)36-32-30-28-26-24-22-20-18-16-14-12-10-6-2/h39-40H,5-36H2,1-4H3. The lowest BCUT2D eigenvalue weighted by Gasteiger charge is -2.38. The molecule has 0 spiro atoms. The molecule has 2 atom stereocenters. The van der Waals surface area contributed by atoms with Gasteiger partial charge in [0.25, 0.3) is 0 Å². The summed E-state index contributed by atoms with van der Waals surface area (Å²) in [5, 5.41) is 22.7. The van der Waals surface area contributed by atoms with E-state index in [9.17, 15) is 10.2 Å².